The quantitative estimate of drug-likeness (QED) is 0.743. The highest BCUT2D eigenvalue weighted by Gasteiger charge is 2.14. The molecule has 0 aliphatic rings. The van der Waals surface area contributed by atoms with Gasteiger partial charge in [-0.1, -0.05) is 6.08 Å². The third-order valence-corrected chi connectivity index (χ3v) is 2.04. The third-order valence-electron chi connectivity index (χ3n) is 2.04. The summed E-state index contributed by atoms with van der Waals surface area (Å²) in [5, 5.41) is 18.0. The van der Waals surface area contributed by atoms with Gasteiger partial charge in [-0.15, -0.1) is 6.58 Å². The van der Waals surface area contributed by atoms with E-state index in [-0.39, 0.29) is 11.1 Å². The van der Waals surface area contributed by atoms with E-state index in [1.54, 1.807) is 12.1 Å². The molecule has 0 amide bonds. The number of aromatic hydroxyl groups is 1. The van der Waals surface area contributed by atoms with Crippen molar-refractivity contribution >= 4 is 0 Å². The first kappa shape index (κ1) is 11.2. The second-order valence-corrected chi connectivity index (χ2v) is 3.14. The van der Waals surface area contributed by atoms with E-state index in [1.165, 1.54) is 6.07 Å². The molecule has 0 bridgehead atoms. The van der Waals surface area contributed by atoms with Gasteiger partial charge in [-0.3, -0.25) is 0 Å². The lowest BCUT2D eigenvalue weighted by molar-refractivity contribution is 0.420. The summed E-state index contributed by atoms with van der Waals surface area (Å²) in [5.74, 6) is -1.33. The lowest BCUT2D eigenvalue weighted by atomic mass is 10.0. The molecule has 0 saturated heterocycles. The molecule has 4 heteroatoms. The number of nitrogens with two attached hydrogens (primary N) is 1. The van der Waals surface area contributed by atoms with Crippen LogP contribution in [0.25, 0.3) is 0 Å². The Balaban J connectivity index is 3.22. The van der Waals surface area contributed by atoms with Crippen LogP contribution in [0.2, 0.25) is 0 Å². The van der Waals surface area contributed by atoms with Crippen molar-refractivity contribution in [3.8, 4) is 11.8 Å². The first-order chi connectivity index (χ1) is 7.10. The fourth-order valence-corrected chi connectivity index (χ4v) is 1.27. The van der Waals surface area contributed by atoms with Crippen LogP contribution in [0, 0.1) is 17.1 Å². The summed E-state index contributed by atoms with van der Waals surface area (Å²) in [4.78, 5) is 0. The zero-order chi connectivity index (χ0) is 11.4. The zero-order valence-corrected chi connectivity index (χ0v) is 8.07. The molecule has 0 unspecified atom stereocenters. The van der Waals surface area contributed by atoms with Crippen LogP contribution >= 0.6 is 0 Å². The molecule has 0 spiro atoms. The minimum Gasteiger partial charge on any atom is -0.505 e. The third kappa shape index (κ3) is 2.33. The van der Waals surface area contributed by atoms with E-state index >= 15 is 0 Å². The molecule has 3 N–H and O–H groups in total. The SMILES string of the molecule is C=CC[C@H](N)c1cc(C#N)cc(F)c1O. The largest absolute Gasteiger partial charge is 0.505 e. The number of hydrogen-bond acceptors (Lipinski definition) is 3. The fourth-order valence-electron chi connectivity index (χ4n) is 1.27. The minimum absolute atomic E-state index is 0.139. The summed E-state index contributed by atoms with van der Waals surface area (Å²) in [6.07, 6.45) is 1.98. The monoisotopic (exact) mass is 206 g/mol. The highest BCUT2D eigenvalue weighted by atomic mass is 19.1. The van der Waals surface area contributed by atoms with Crippen LogP contribution in [0.15, 0.2) is 24.8 Å². The standard InChI is InChI=1S/C11H11FN2O/c1-2-3-10(14)8-4-7(6-13)5-9(12)11(8)15/h2,4-5,10,15H,1,3,14H2/t10-/m0/s1. The molecule has 0 heterocycles. The molecule has 0 aromatic heterocycles. The van der Waals surface area contributed by atoms with Crippen LogP contribution < -0.4 is 5.73 Å². The van der Waals surface area contributed by atoms with E-state index in [1.807, 2.05) is 0 Å². The van der Waals surface area contributed by atoms with Crippen molar-refractivity contribution in [2.45, 2.75) is 12.5 Å². The number of halogens is 1. The predicted octanol–water partition coefficient (Wildman–Crippen LogP) is 1.98. The summed E-state index contributed by atoms with van der Waals surface area (Å²) in [7, 11) is 0. The average molecular weight is 206 g/mol. The molecule has 0 saturated carbocycles. The van der Waals surface area contributed by atoms with Gasteiger partial charge in [0.05, 0.1) is 11.6 Å². The van der Waals surface area contributed by atoms with Gasteiger partial charge in [0, 0.05) is 11.6 Å². The lowest BCUT2D eigenvalue weighted by Crippen LogP contribution is -2.10. The Hall–Kier alpha value is -1.86. The van der Waals surface area contributed by atoms with Crippen LogP contribution in [0.3, 0.4) is 0 Å². The Kier molecular flexibility index (Phi) is 3.42. The maximum Gasteiger partial charge on any atom is 0.166 e. The van der Waals surface area contributed by atoms with Crippen molar-refractivity contribution in [1.82, 2.24) is 0 Å². The summed E-state index contributed by atoms with van der Waals surface area (Å²) < 4.78 is 13.1. The van der Waals surface area contributed by atoms with E-state index in [0.717, 1.165) is 6.07 Å². The van der Waals surface area contributed by atoms with Crippen LogP contribution in [-0.4, -0.2) is 5.11 Å². The second kappa shape index (κ2) is 4.58. The summed E-state index contributed by atoms with van der Waals surface area (Å²) in [6, 6.07) is 3.60. The zero-order valence-electron chi connectivity index (χ0n) is 8.07. The molecule has 1 rings (SSSR count). The van der Waals surface area contributed by atoms with Gasteiger partial charge < -0.3 is 10.8 Å². The van der Waals surface area contributed by atoms with Gasteiger partial charge in [0.1, 0.15) is 0 Å². The van der Waals surface area contributed by atoms with Crippen molar-refractivity contribution in [1.29, 1.82) is 5.26 Å². The first-order valence-corrected chi connectivity index (χ1v) is 4.39. The maximum atomic E-state index is 13.1. The normalized spacial score (nSPS) is 11.8. The van der Waals surface area contributed by atoms with Crippen LogP contribution in [0.5, 0.6) is 5.75 Å². The van der Waals surface area contributed by atoms with Crippen LogP contribution in [0.1, 0.15) is 23.6 Å². The molecular weight excluding hydrogens is 195 g/mol. The molecular formula is C11H11FN2O. The molecule has 1 aromatic rings. The van der Waals surface area contributed by atoms with E-state index in [2.05, 4.69) is 6.58 Å². The van der Waals surface area contributed by atoms with Gasteiger partial charge in [0.15, 0.2) is 11.6 Å². The summed E-state index contributed by atoms with van der Waals surface area (Å²) in [6.45, 7) is 3.50. The number of nitriles is 1. The Morgan fingerprint density at radius 2 is 2.33 bits per heavy atom. The van der Waals surface area contributed by atoms with E-state index < -0.39 is 17.6 Å². The summed E-state index contributed by atoms with van der Waals surface area (Å²) >= 11 is 0. The Morgan fingerprint density at radius 3 is 2.87 bits per heavy atom. The van der Waals surface area contributed by atoms with Gasteiger partial charge in [0.2, 0.25) is 0 Å². The molecule has 0 radical (unpaired) electrons. The number of rotatable bonds is 3. The van der Waals surface area contributed by atoms with E-state index in [0.29, 0.717) is 6.42 Å². The molecule has 15 heavy (non-hydrogen) atoms. The highest BCUT2D eigenvalue weighted by Crippen LogP contribution is 2.28. The van der Waals surface area contributed by atoms with Crippen molar-refractivity contribution in [2.24, 2.45) is 5.73 Å². The molecule has 0 aliphatic carbocycles. The fraction of sp³-hybridized carbons (Fsp3) is 0.182. The van der Waals surface area contributed by atoms with Crippen LogP contribution in [0.4, 0.5) is 4.39 Å². The van der Waals surface area contributed by atoms with Gasteiger partial charge >= 0.3 is 0 Å². The molecule has 1 atom stereocenters. The lowest BCUT2D eigenvalue weighted by Gasteiger charge is -2.12. The minimum atomic E-state index is -0.830. The topological polar surface area (TPSA) is 70.0 Å². The van der Waals surface area contributed by atoms with Crippen molar-refractivity contribution in [3.05, 3.63) is 41.7 Å². The van der Waals surface area contributed by atoms with Crippen molar-refractivity contribution in [3.63, 3.8) is 0 Å². The Morgan fingerprint density at radius 1 is 1.67 bits per heavy atom. The molecule has 0 fully saturated rings. The highest BCUT2D eigenvalue weighted by molar-refractivity contribution is 5.44. The van der Waals surface area contributed by atoms with E-state index in [4.69, 9.17) is 11.0 Å². The smallest absolute Gasteiger partial charge is 0.166 e. The number of hydrogen-bond donors (Lipinski definition) is 2. The number of benzene rings is 1. The van der Waals surface area contributed by atoms with Crippen LogP contribution in [-0.2, 0) is 0 Å². The van der Waals surface area contributed by atoms with Gasteiger partial charge in [0.25, 0.3) is 0 Å². The van der Waals surface area contributed by atoms with Gasteiger partial charge in [-0.25, -0.2) is 4.39 Å². The maximum absolute atomic E-state index is 13.1. The van der Waals surface area contributed by atoms with E-state index in [9.17, 15) is 9.50 Å². The summed E-state index contributed by atoms with van der Waals surface area (Å²) in [5.41, 5.74) is 6.06. The molecule has 3 nitrogen and oxygen atoms in total. The molecule has 0 aliphatic heterocycles. The second-order valence-electron chi connectivity index (χ2n) is 3.14. The predicted molar refractivity (Wildman–Crippen MR) is 54.5 cm³/mol. The number of phenols is 1. The Bertz CT molecular complexity index is 423. The van der Waals surface area contributed by atoms with Gasteiger partial charge in [-0.05, 0) is 18.6 Å². The van der Waals surface area contributed by atoms with Gasteiger partial charge in [-0.2, -0.15) is 5.26 Å². The van der Waals surface area contributed by atoms with Crippen molar-refractivity contribution in [2.75, 3.05) is 0 Å². The molecule has 78 valence electrons. The Labute approximate surface area is 87.3 Å². The first-order valence-electron chi connectivity index (χ1n) is 4.39. The number of phenolic OH excluding ortho intramolecular Hbond substituents is 1. The van der Waals surface area contributed by atoms with Crippen molar-refractivity contribution < 1.29 is 9.50 Å². The molecule has 1 aromatic carbocycles. The number of nitrogens with zero attached hydrogens (tertiary/aromatic N) is 1. The average Bonchev–Trinajstić information content (AvgIpc) is 2.22.